The fourth-order valence-electron chi connectivity index (χ4n) is 2.15. The van der Waals surface area contributed by atoms with Gasteiger partial charge in [0.25, 0.3) is 11.9 Å². The van der Waals surface area contributed by atoms with Gasteiger partial charge in [0.1, 0.15) is 0 Å². The largest absolute Gasteiger partial charge is 0.499 e. The van der Waals surface area contributed by atoms with Crippen molar-refractivity contribution in [2.24, 2.45) is 0 Å². The minimum absolute atomic E-state index is 0.404. The minimum atomic E-state index is -3.03. The Bertz CT molecular complexity index is 428. The normalized spacial score (nSPS) is 10.9. The first kappa shape index (κ1) is 16.4. The van der Waals surface area contributed by atoms with Crippen LogP contribution in [0, 0.1) is 0 Å². The van der Waals surface area contributed by atoms with Gasteiger partial charge in [-0.2, -0.15) is 0 Å². The van der Waals surface area contributed by atoms with Crippen LogP contribution in [-0.4, -0.2) is 20.5 Å². The summed E-state index contributed by atoms with van der Waals surface area (Å²) in [6, 6.07) is 9.95. The van der Waals surface area contributed by atoms with E-state index in [0.29, 0.717) is 6.04 Å². The van der Waals surface area contributed by atoms with Gasteiger partial charge in [-0.15, -0.1) is 0 Å². The van der Waals surface area contributed by atoms with Gasteiger partial charge in [0.2, 0.25) is 0 Å². The second-order valence-electron chi connectivity index (χ2n) is 4.76. The van der Waals surface area contributed by atoms with Crippen molar-refractivity contribution in [2.45, 2.75) is 46.1 Å². The van der Waals surface area contributed by atoms with Crippen molar-refractivity contribution in [3.63, 3.8) is 0 Å². The van der Waals surface area contributed by atoms with Gasteiger partial charge < -0.3 is 8.85 Å². The van der Waals surface area contributed by atoms with E-state index in [2.05, 4.69) is 6.92 Å². The Morgan fingerprint density at radius 3 is 2.00 bits per heavy atom. The average molecular weight is 294 g/mol. The molecule has 0 atom stereocenters. The maximum atomic E-state index is 11.5. The SMILES string of the molecule is CCCCC[Si](OC(C)=O)(OC(C)=O)c1ccccc1. The van der Waals surface area contributed by atoms with Crippen LogP contribution in [0.25, 0.3) is 0 Å². The lowest BCUT2D eigenvalue weighted by Gasteiger charge is -2.29. The van der Waals surface area contributed by atoms with Crippen LogP contribution in [0.5, 0.6) is 0 Å². The molecule has 5 heteroatoms. The van der Waals surface area contributed by atoms with Crippen LogP contribution >= 0.6 is 0 Å². The molecule has 110 valence electrons. The zero-order valence-electron chi connectivity index (χ0n) is 12.3. The van der Waals surface area contributed by atoms with E-state index in [0.717, 1.165) is 24.4 Å². The molecule has 4 nitrogen and oxygen atoms in total. The molecule has 0 N–H and O–H groups in total. The highest BCUT2D eigenvalue weighted by molar-refractivity contribution is 6.83. The fourth-order valence-corrected chi connectivity index (χ4v) is 5.26. The van der Waals surface area contributed by atoms with Crippen LogP contribution in [0.15, 0.2) is 30.3 Å². The summed E-state index contributed by atoms with van der Waals surface area (Å²) < 4.78 is 11.1. The molecular formula is C15H22O4Si. The van der Waals surface area contributed by atoms with E-state index in [4.69, 9.17) is 8.85 Å². The topological polar surface area (TPSA) is 52.6 Å². The number of benzene rings is 1. The molecule has 0 spiro atoms. The molecule has 0 amide bonds. The maximum Gasteiger partial charge on any atom is 0.499 e. The van der Waals surface area contributed by atoms with Gasteiger partial charge in [-0.3, -0.25) is 9.59 Å². The lowest BCUT2D eigenvalue weighted by atomic mass is 10.3. The highest BCUT2D eigenvalue weighted by atomic mass is 28.4. The molecule has 0 saturated heterocycles. The predicted molar refractivity (Wildman–Crippen MR) is 79.7 cm³/mol. The van der Waals surface area contributed by atoms with Gasteiger partial charge in [-0.25, -0.2) is 0 Å². The zero-order valence-corrected chi connectivity index (χ0v) is 13.3. The molecular weight excluding hydrogens is 272 g/mol. The predicted octanol–water partition coefficient (Wildman–Crippen LogP) is 2.65. The molecule has 0 fully saturated rings. The van der Waals surface area contributed by atoms with E-state index in [1.54, 1.807) is 0 Å². The molecule has 20 heavy (non-hydrogen) atoms. The first-order chi connectivity index (χ1) is 9.50. The van der Waals surface area contributed by atoms with Crippen molar-refractivity contribution in [2.75, 3.05) is 0 Å². The minimum Gasteiger partial charge on any atom is -0.482 e. The third kappa shape index (κ3) is 4.81. The molecule has 0 aliphatic heterocycles. The van der Waals surface area contributed by atoms with E-state index >= 15 is 0 Å². The maximum absolute atomic E-state index is 11.5. The second kappa shape index (κ2) is 7.84. The molecule has 0 heterocycles. The lowest BCUT2D eigenvalue weighted by molar-refractivity contribution is -0.138. The standard InChI is InChI=1S/C15H22O4Si/c1-4-5-9-12-20(18-13(2)16,19-14(3)17)15-10-7-6-8-11-15/h6-8,10-11H,4-5,9,12H2,1-3H3. The van der Waals surface area contributed by atoms with E-state index in [1.807, 2.05) is 30.3 Å². The van der Waals surface area contributed by atoms with Crippen LogP contribution < -0.4 is 5.19 Å². The number of unbranched alkanes of at least 4 members (excludes halogenated alkanes) is 2. The second-order valence-corrected chi connectivity index (χ2v) is 7.75. The Morgan fingerprint density at radius 1 is 1.00 bits per heavy atom. The number of carbonyl (C=O) groups is 2. The van der Waals surface area contributed by atoms with Gasteiger partial charge in [0.05, 0.1) is 0 Å². The summed E-state index contributed by atoms with van der Waals surface area (Å²) in [5, 5.41) is 0.821. The Hall–Kier alpha value is -1.62. The zero-order chi connectivity index (χ0) is 15.0. The smallest absolute Gasteiger partial charge is 0.482 e. The van der Waals surface area contributed by atoms with Crippen molar-refractivity contribution in [1.29, 1.82) is 0 Å². The van der Waals surface area contributed by atoms with Crippen molar-refractivity contribution < 1.29 is 18.4 Å². The Balaban J connectivity index is 3.10. The number of hydrogen-bond donors (Lipinski definition) is 0. The first-order valence-electron chi connectivity index (χ1n) is 6.95. The van der Waals surface area contributed by atoms with Crippen molar-refractivity contribution in [3.05, 3.63) is 30.3 Å². The van der Waals surface area contributed by atoms with E-state index in [9.17, 15) is 9.59 Å². The Morgan fingerprint density at radius 2 is 1.55 bits per heavy atom. The summed E-state index contributed by atoms with van der Waals surface area (Å²) in [5.41, 5.74) is 0. The summed E-state index contributed by atoms with van der Waals surface area (Å²) in [4.78, 5) is 22.9. The number of rotatable bonds is 7. The third-order valence-corrected chi connectivity index (χ3v) is 6.40. The van der Waals surface area contributed by atoms with Gasteiger partial charge in [-0.05, 0) is 6.42 Å². The van der Waals surface area contributed by atoms with Crippen LogP contribution in [0.1, 0.15) is 40.0 Å². The lowest BCUT2D eigenvalue weighted by Crippen LogP contribution is -2.55. The van der Waals surface area contributed by atoms with Gasteiger partial charge in [0.15, 0.2) is 0 Å². The molecule has 0 radical (unpaired) electrons. The molecule has 0 bridgehead atoms. The third-order valence-electron chi connectivity index (χ3n) is 2.94. The molecule has 0 aliphatic rings. The monoisotopic (exact) mass is 294 g/mol. The summed E-state index contributed by atoms with van der Waals surface area (Å²) in [6.07, 6.45) is 2.95. The Labute approximate surface area is 121 Å². The highest BCUT2D eigenvalue weighted by Gasteiger charge is 2.45. The summed E-state index contributed by atoms with van der Waals surface area (Å²) >= 11 is 0. The van der Waals surface area contributed by atoms with Crippen molar-refractivity contribution in [1.82, 2.24) is 0 Å². The van der Waals surface area contributed by atoms with E-state index < -0.39 is 20.5 Å². The molecule has 1 aromatic carbocycles. The molecule has 0 aromatic heterocycles. The molecule has 1 rings (SSSR count). The van der Waals surface area contributed by atoms with Crippen LogP contribution in [0.2, 0.25) is 6.04 Å². The van der Waals surface area contributed by atoms with Gasteiger partial charge in [-0.1, -0.05) is 50.1 Å². The number of hydrogen-bond acceptors (Lipinski definition) is 4. The first-order valence-corrected chi connectivity index (χ1v) is 8.97. The van der Waals surface area contributed by atoms with E-state index in [-0.39, 0.29) is 0 Å². The van der Waals surface area contributed by atoms with Crippen molar-refractivity contribution in [3.8, 4) is 0 Å². The summed E-state index contributed by atoms with van der Waals surface area (Å²) in [7, 11) is -3.03. The molecule has 1 aromatic rings. The highest BCUT2D eigenvalue weighted by Crippen LogP contribution is 2.19. The van der Waals surface area contributed by atoms with Crippen molar-refractivity contribution >= 4 is 25.7 Å². The Kier molecular flexibility index (Phi) is 6.44. The fraction of sp³-hybridized carbons (Fsp3) is 0.467. The average Bonchev–Trinajstić information content (AvgIpc) is 2.38. The number of carbonyl (C=O) groups excluding carboxylic acids is 2. The van der Waals surface area contributed by atoms with Gasteiger partial charge in [0, 0.05) is 25.1 Å². The van der Waals surface area contributed by atoms with Crippen LogP contribution in [0.4, 0.5) is 0 Å². The van der Waals surface area contributed by atoms with Crippen LogP contribution in [-0.2, 0) is 18.4 Å². The molecule has 0 aliphatic carbocycles. The molecule has 0 unspecified atom stereocenters. The van der Waals surface area contributed by atoms with E-state index in [1.165, 1.54) is 13.8 Å². The van der Waals surface area contributed by atoms with Crippen LogP contribution in [0.3, 0.4) is 0 Å². The van der Waals surface area contributed by atoms with Gasteiger partial charge >= 0.3 is 8.56 Å². The quantitative estimate of drug-likeness (QED) is 0.573. The summed E-state index contributed by atoms with van der Waals surface area (Å²) in [5.74, 6) is -0.809. The molecule has 0 saturated carbocycles. The summed E-state index contributed by atoms with van der Waals surface area (Å²) in [6.45, 7) is 4.81.